The van der Waals surface area contributed by atoms with Crippen molar-refractivity contribution in [2.45, 2.75) is 13.8 Å². The highest BCUT2D eigenvalue weighted by Gasteiger charge is 2.32. The SMILES string of the molecule is C=CC1=C(C(=C)F)C(=O)OC1=O.CC. The van der Waals surface area contributed by atoms with E-state index >= 15 is 0 Å². The van der Waals surface area contributed by atoms with Gasteiger partial charge in [0, 0.05) is 0 Å². The van der Waals surface area contributed by atoms with Crippen LogP contribution in [0, 0.1) is 0 Å². The molecule has 0 N–H and O–H groups in total. The molecule has 1 heterocycles. The van der Waals surface area contributed by atoms with Crippen LogP contribution in [0.25, 0.3) is 0 Å². The van der Waals surface area contributed by atoms with Gasteiger partial charge >= 0.3 is 11.9 Å². The van der Waals surface area contributed by atoms with E-state index in [2.05, 4.69) is 17.9 Å². The number of hydrogen-bond acceptors (Lipinski definition) is 3. The van der Waals surface area contributed by atoms with Crippen molar-refractivity contribution in [1.29, 1.82) is 0 Å². The first kappa shape index (κ1) is 12.3. The molecule has 0 bridgehead atoms. The molecule has 0 aromatic rings. The molecule has 0 aromatic carbocycles. The molecule has 14 heavy (non-hydrogen) atoms. The van der Waals surface area contributed by atoms with Gasteiger partial charge in [-0.1, -0.05) is 33.1 Å². The van der Waals surface area contributed by atoms with E-state index in [0.717, 1.165) is 6.08 Å². The molecule has 0 atom stereocenters. The normalized spacial score (nSPS) is 14.5. The average Bonchev–Trinajstić information content (AvgIpc) is 2.43. The van der Waals surface area contributed by atoms with Crippen LogP contribution in [0.1, 0.15) is 13.8 Å². The van der Waals surface area contributed by atoms with E-state index in [1.807, 2.05) is 13.8 Å². The van der Waals surface area contributed by atoms with Gasteiger partial charge in [-0.15, -0.1) is 0 Å². The van der Waals surface area contributed by atoms with Crippen LogP contribution in [0.5, 0.6) is 0 Å². The average molecular weight is 198 g/mol. The Bertz CT molecular complexity index is 326. The van der Waals surface area contributed by atoms with E-state index in [1.165, 1.54) is 0 Å². The van der Waals surface area contributed by atoms with Crippen LogP contribution in [0.15, 0.2) is 36.2 Å². The number of halogens is 1. The summed E-state index contributed by atoms with van der Waals surface area (Å²) in [5, 5.41) is 0. The quantitative estimate of drug-likeness (QED) is 0.504. The Hall–Kier alpha value is -1.71. The molecule has 0 spiro atoms. The second-order valence-corrected chi connectivity index (χ2v) is 2.07. The van der Waals surface area contributed by atoms with Gasteiger partial charge in [-0.25, -0.2) is 14.0 Å². The topological polar surface area (TPSA) is 43.4 Å². The van der Waals surface area contributed by atoms with Crippen molar-refractivity contribution in [3.63, 3.8) is 0 Å². The number of esters is 2. The second-order valence-electron chi connectivity index (χ2n) is 2.07. The Balaban J connectivity index is 0.000000791. The summed E-state index contributed by atoms with van der Waals surface area (Å²) in [7, 11) is 0. The summed E-state index contributed by atoms with van der Waals surface area (Å²) in [6.45, 7) is 10.1. The summed E-state index contributed by atoms with van der Waals surface area (Å²) in [6.07, 6.45) is 1.06. The van der Waals surface area contributed by atoms with E-state index in [9.17, 15) is 14.0 Å². The highest BCUT2D eigenvalue weighted by molar-refractivity contribution is 6.15. The number of hydrogen-bond donors (Lipinski definition) is 0. The Morgan fingerprint density at radius 3 is 2.14 bits per heavy atom. The van der Waals surface area contributed by atoms with Gasteiger partial charge in [-0.2, -0.15) is 0 Å². The maximum Gasteiger partial charge on any atom is 0.349 e. The van der Waals surface area contributed by atoms with Crippen molar-refractivity contribution < 1.29 is 18.7 Å². The summed E-state index contributed by atoms with van der Waals surface area (Å²) in [5.41, 5.74) is -0.609. The lowest BCUT2D eigenvalue weighted by Gasteiger charge is -1.90. The third kappa shape index (κ3) is 2.16. The molecule has 4 heteroatoms. The number of cyclic esters (lactones) is 2. The number of carbonyl (C=O) groups excluding carboxylic acids is 2. The molecule has 1 aliphatic rings. The Kier molecular flexibility index (Phi) is 4.49. The minimum Gasteiger partial charge on any atom is -0.386 e. The zero-order valence-corrected chi connectivity index (χ0v) is 8.09. The monoisotopic (exact) mass is 198 g/mol. The molecular weight excluding hydrogens is 187 g/mol. The number of rotatable bonds is 2. The van der Waals surface area contributed by atoms with Gasteiger partial charge in [-0.3, -0.25) is 0 Å². The van der Waals surface area contributed by atoms with Gasteiger partial charge in [0.2, 0.25) is 0 Å². The lowest BCUT2D eigenvalue weighted by atomic mass is 10.1. The van der Waals surface area contributed by atoms with Gasteiger partial charge in [0.15, 0.2) is 0 Å². The fourth-order valence-electron chi connectivity index (χ4n) is 0.844. The molecule has 0 amide bonds. The molecule has 0 saturated heterocycles. The molecule has 0 fully saturated rings. The summed E-state index contributed by atoms with van der Waals surface area (Å²) in [4.78, 5) is 21.5. The van der Waals surface area contributed by atoms with Crippen LogP contribution in [-0.4, -0.2) is 11.9 Å². The largest absolute Gasteiger partial charge is 0.386 e. The first-order valence-corrected chi connectivity index (χ1v) is 4.06. The van der Waals surface area contributed by atoms with Crippen LogP contribution in [0.2, 0.25) is 0 Å². The Labute approximate surface area is 81.6 Å². The minimum absolute atomic E-state index is 0.174. The van der Waals surface area contributed by atoms with Crippen LogP contribution in [0.4, 0.5) is 4.39 Å². The molecule has 1 rings (SSSR count). The van der Waals surface area contributed by atoms with Crippen molar-refractivity contribution in [3.8, 4) is 0 Å². The number of ether oxygens (including phenoxy) is 1. The third-order valence-electron chi connectivity index (χ3n) is 1.35. The highest BCUT2D eigenvalue weighted by atomic mass is 19.1. The minimum atomic E-state index is -1.01. The van der Waals surface area contributed by atoms with Crippen LogP contribution >= 0.6 is 0 Å². The van der Waals surface area contributed by atoms with Gasteiger partial charge in [0.1, 0.15) is 11.4 Å². The van der Waals surface area contributed by atoms with E-state index in [4.69, 9.17) is 0 Å². The van der Waals surface area contributed by atoms with E-state index in [-0.39, 0.29) is 5.57 Å². The smallest absolute Gasteiger partial charge is 0.349 e. The second kappa shape index (κ2) is 5.11. The fourth-order valence-corrected chi connectivity index (χ4v) is 0.844. The third-order valence-corrected chi connectivity index (χ3v) is 1.35. The Morgan fingerprint density at radius 1 is 1.36 bits per heavy atom. The Morgan fingerprint density at radius 2 is 1.86 bits per heavy atom. The number of carbonyl (C=O) groups is 2. The predicted octanol–water partition coefficient (Wildman–Crippen LogP) is 2.06. The maximum atomic E-state index is 12.5. The molecule has 0 aliphatic carbocycles. The zero-order valence-electron chi connectivity index (χ0n) is 8.09. The van der Waals surface area contributed by atoms with Gasteiger partial charge in [0.25, 0.3) is 0 Å². The molecule has 1 aliphatic heterocycles. The van der Waals surface area contributed by atoms with Crippen LogP contribution in [0.3, 0.4) is 0 Å². The first-order valence-electron chi connectivity index (χ1n) is 4.06. The molecule has 3 nitrogen and oxygen atoms in total. The summed E-state index contributed by atoms with van der Waals surface area (Å²) in [5.74, 6) is -2.88. The van der Waals surface area contributed by atoms with Crippen LogP contribution < -0.4 is 0 Å². The van der Waals surface area contributed by atoms with Gasteiger partial charge in [-0.05, 0) is 0 Å². The van der Waals surface area contributed by atoms with Crippen molar-refractivity contribution in [1.82, 2.24) is 0 Å². The van der Waals surface area contributed by atoms with Crippen molar-refractivity contribution >= 4 is 11.9 Å². The van der Waals surface area contributed by atoms with Gasteiger partial charge in [0.05, 0.1) is 5.57 Å². The molecule has 0 unspecified atom stereocenters. The van der Waals surface area contributed by atoms with E-state index in [0.29, 0.717) is 0 Å². The lowest BCUT2D eigenvalue weighted by molar-refractivity contribution is -0.150. The lowest BCUT2D eigenvalue weighted by Crippen LogP contribution is -2.01. The first-order chi connectivity index (χ1) is 6.57. The zero-order chi connectivity index (χ0) is 11.3. The van der Waals surface area contributed by atoms with E-state index in [1.54, 1.807) is 0 Å². The molecule has 76 valence electrons. The van der Waals surface area contributed by atoms with E-state index < -0.39 is 23.3 Å². The van der Waals surface area contributed by atoms with Crippen molar-refractivity contribution in [3.05, 3.63) is 36.2 Å². The summed E-state index contributed by atoms with van der Waals surface area (Å²) in [6, 6.07) is 0. The van der Waals surface area contributed by atoms with Crippen molar-refractivity contribution in [2.24, 2.45) is 0 Å². The molecule has 0 aromatic heterocycles. The molecular formula is C10H11FO3. The molecule has 0 saturated carbocycles. The fraction of sp³-hybridized carbons (Fsp3) is 0.200. The van der Waals surface area contributed by atoms with Gasteiger partial charge < -0.3 is 4.74 Å². The highest BCUT2D eigenvalue weighted by Crippen LogP contribution is 2.24. The maximum absolute atomic E-state index is 12.5. The summed E-state index contributed by atoms with van der Waals surface area (Å²) < 4.78 is 16.6. The standard InChI is InChI=1S/C8H5FO3.C2H6/c1-3-5-6(4(2)9)8(11)12-7(5)10;1-2/h3H,1-2H2;1-2H3. The van der Waals surface area contributed by atoms with Crippen LogP contribution in [-0.2, 0) is 14.3 Å². The predicted molar refractivity (Wildman–Crippen MR) is 49.9 cm³/mol. The summed E-state index contributed by atoms with van der Waals surface area (Å²) >= 11 is 0. The molecule has 0 radical (unpaired) electrons. The van der Waals surface area contributed by atoms with Crippen molar-refractivity contribution in [2.75, 3.05) is 0 Å².